The summed E-state index contributed by atoms with van der Waals surface area (Å²) in [6.45, 7) is 2.80. The zero-order valence-corrected chi connectivity index (χ0v) is 9.72. The van der Waals surface area contributed by atoms with Gasteiger partial charge in [-0.1, -0.05) is 0 Å². The van der Waals surface area contributed by atoms with Crippen molar-refractivity contribution in [1.29, 1.82) is 0 Å². The van der Waals surface area contributed by atoms with Crippen molar-refractivity contribution in [2.75, 3.05) is 18.1 Å². The van der Waals surface area contributed by atoms with Gasteiger partial charge < -0.3 is 10.5 Å². The highest BCUT2D eigenvalue weighted by atomic mass is 32.2. The van der Waals surface area contributed by atoms with Crippen LogP contribution in [0.25, 0.3) is 0 Å². The van der Waals surface area contributed by atoms with Gasteiger partial charge in [-0.3, -0.25) is 4.21 Å². The first-order valence-corrected chi connectivity index (χ1v) is 6.89. The molecular formula is C10H21NO2S. The van der Waals surface area contributed by atoms with Crippen LogP contribution in [0.15, 0.2) is 0 Å². The van der Waals surface area contributed by atoms with Crippen LogP contribution in [0.1, 0.15) is 32.6 Å². The first-order chi connectivity index (χ1) is 6.68. The number of rotatable bonds is 5. The Balaban J connectivity index is 2.12. The van der Waals surface area contributed by atoms with Crippen LogP contribution in [-0.4, -0.2) is 34.5 Å². The van der Waals surface area contributed by atoms with Crippen molar-refractivity contribution in [2.45, 2.75) is 44.8 Å². The molecule has 0 saturated carbocycles. The van der Waals surface area contributed by atoms with Crippen molar-refractivity contribution in [3.05, 3.63) is 0 Å². The van der Waals surface area contributed by atoms with Crippen LogP contribution in [-0.2, 0) is 15.5 Å². The molecule has 0 amide bonds. The second kappa shape index (κ2) is 6.53. The summed E-state index contributed by atoms with van der Waals surface area (Å²) >= 11 is 0. The topological polar surface area (TPSA) is 52.3 Å². The predicted molar refractivity (Wildman–Crippen MR) is 59.7 cm³/mol. The average molecular weight is 219 g/mol. The monoisotopic (exact) mass is 219 g/mol. The van der Waals surface area contributed by atoms with Crippen LogP contribution < -0.4 is 5.73 Å². The van der Waals surface area contributed by atoms with Gasteiger partial charge in [0.05, 0.1) is 6.10 Å². The van der Waals surface area contributed by atoms with Crippen LogP contribution in [0.4, 0.5) is 0 Å². The van der Waals surface area contributed by atoms with Gasteiger partial charge in [0.15, 0.2) is 0 Å². The Bertz CT molecular complexity index is 179. The normalized spacial score (nSPS) is 27.1. The van der Waals surface area contributed by atoms with E-state index in [0.717, 1.165) is 31.6 Å². The van der Waals surface area contributed by atoms with Crippen LogP contribution >= 0.6 is 0 Å². The van der Waals surface area contributed by atoms with E-state index in [9.17, 15) is 4.21 Å². The van der Waals surface area contributed by atoms with Gasteiger partial charge in [0.2, 0.25) is 0 Å². The maximum absolute atomic E-state index is 11.6. The molecule has 3 unspecified atom stereocenters. The number of nitrogens with two attached hydrogens (primary N) is 1. The van der Waals surface area contributed by atoms with E-state index in [4.69, 9.17) is 10.5 Å². The largest absolute Gasteiger partial charge is 0.377 e. The standard InChI is InChI=1S/C10H21NO2S/c1-9(11)5-7-14(12)8-10-4-2-3-6-13-10/h9-10H,2-8,11H2,1H3. The third kappa shape index (κ3) is 5.08. The fourth-order valence-corrected chi connectivity index (χ4v) is 3.03. The van der Waals surface area contributed by atoms with E-state index in [0.29, 0.717) is 5.75 Å². The smallest absolute Gasteiger partial charge is 0.0690 e. The van der Waals surface area contributed by atoms with Crippen molar-refractivity contribution in [3.63, 3.8) is 0 Å². The quantitative estimate of drug-likeness (QED) is 0.751. The molecule has 0 aromatic carbocycles. The molecule has 0 radical (unpaired) electrons. The van der Waals surface area contributed by atoms with E-state index < -0.39 is 10.8 Å². The molecule has 0 aromatic rings. The Morgan fingerprint density at radius 2 is 2.36 bits per heavy atom. The van der Waals surface area contributed by atoms with Crippen molar-refractivity contribution in [2.24, 2.45) is 5.73 Å². The number of ether oxygens (including phenoxy) is 1. The molecule has 3 atom stereocenters. The molecule has 84 valence electrons. The van der Waals surface area contributed by atoms with Gasteiger partial charge >= 0.3 is 0 Å². The van der Waals surface area contributed by atoms with Crippen molar-refractivity contribution < 1.29 is 8.95 Å². The highest BCUT2D eigenvalue weighted by Crippen LogP contribution is 2.13. The molecule has 1 heterocycles. The van der Waals surface area contributed by atoms with E-state index >= 15 is 0 Å². The van der Waals surface area contributed by atoms with Crippen molar-refractivity contribution in [3.8, 4) is 0 Å². The summed E-state index contributed by atoms with van der Waals surface area (Å²) in [5.74, 6) is 1.42. The van der Waals surface area contributed by atoms with Crippen LogP contribution in [0, 0.1) is 0 Å². The second-order valence-electron chi connectivity index (χ2n) is 4.07. The first-order valence-electron chi connectivity index (χ1n) is 5.40. The van der Waals surface area contributed by atoms with Crippen molar-refractivity contribution in [1.82, 2.24) is 0 Å². The summed E-state index contributed by atoms with van der Waals surface area (Å²) in [5, 5.41) is 0. The molecule has 1 aliphatic rings. The molecule has 1 fully saturated rings. The molecule has 0 bridgehead atoms. The third-order valence-corrected chi connectivity index (χ3v) is 3.88. The first kappa shape index (κ1) is 12.1. The second-order valence-corrected chi connectivity index (χ2v) is 5.69. The minimum atomic E-state index is -0.743. The molecule has 3 nitrogen and oxygen atoms in total. The van der Waals surface area contributed by atoms with Gasteiger partial charge in [-0.05, 0) is 32.6 Å². The molecule has 2 N–H and O–H groups in total. The minimum Gasteiger partial charge on any atom is -0.377 e. The van der Waals surface area contributed by atoms with Gasteiger partial charge in [-0.2, -0.15) is 0 Å². The van der Waals surface area contributed by atoms with E-state index in [-0.39, 0.29) is 12.1 Å². The summed E-state index contributed by atoms with van der Waals surface area (Å²) in [4.78, 5) is 0. The lowest BCUT2D eigenvalue weighted by atomic mass is 10.1. The third-order valence-electron chi connectivity index (χ3n) is 2.45. The van der Waals surface area contributed by atoms with E-state index in [2.05, 4.69) is 0 Å². The summed E-state index contributed by atoms with van der Waals surface area (Å²) in [6.07, 6.45) is 4.53. The maximum Gasteiger partial charge on any atom is 0.0690 e. The average Bonchev–Trinajstić information content (AvgIpc) is 2.16. The Kier molecular flexibility index (Phi) is 5.67. The molecule has 0 aliphatic carbocycles. The van der Waals surface area contributed by atoms with Gasteiger partial charge in [-0.15, -0.1) is 0 Å². The Hall–Kier alpha value is 0.0700. The summed E-state index contributed by atoms with van der Waals surface area (Å²) in [5.41, 5.74) is 5.61. The zero-order valence-electron chi connectivity index (χ0n) is 8.91. The number of hydrogen-bond acceptors (Lipinski definition) is 3. The van der Waals surface area contributed by atoms with Gasteiger partial charge in [0.25, 0.3) is 0 Å². The fourth-order valence-electron chi connectivity index (χ4n) is 1.55. The molecule has 1 saturated heterocycles. The Labute approximate surface area is 88.8 Å². The maximum atomic E-state index is 11.6. The Morgan fingerprint density at radius 3 is 2.93 bits per heavy atom. The van der Waals surface area contributed by atoms with E-state index in [1.165, 1.54) is 6.42 Å². The predicted octanol–water partition coefficient (Wildman–Crippen LogP) is 1.04. The highest BCUT2D eigenvalue weighted by Gasteiger charge is 2.16. The number of hydrogen-bond donors (Lipinski definition) is 1. The molecule has 14 heavy (non-hydrogen) atoms. The molecule has 1 aliphatic heterocycles. The molecule has 4 heteroatoms. The van der Waals surface area contributed by atoms with Gasteiger partial charge in [0, 0.05) is 35.0 Å². The SMILES string of the molecule is CC(N)CCS(=O)CC1CCCCO1. The molecular weight excluding hydrogens is 198 g/mol. The van der Waals surface area contributed by atoms with Crippen LogP contribution in [0.2, 0.25) is 0 Å². The summed E-state index contributed by atoms with van der Waals surface area (Å²) < 4.78 is 17.1. The lowest BCUT2D eigenvalue weighted by Gasteiger charge is -2.22. The fraction of sp³-hybridized carbons (Fsp3) is 1.00. The van der Waals surface area contributed by atoms with Gasteiger partial charge in [-0.25, -0.2) is 0 Å². The van der Waals surface area contributed by atoms with E-state index in [1.807, 2.05) is 6.92 Å². The van der Waals surface area contributed by atoms with Crippen LogP contribution in [0.5, 0.6) is 0 Å². The summed E-state index contributed by atoms with van der Waals surface area (Å²) in [6, 6.07) is 0.159. The highest BCUT2D eigenvalue weighted by molar-refractivity contribution is 7.85. The Morgan fingerprint density at radius 1 is 1.57 bits per heavy atom. The zero-order chi connectivity index (χ0) is 10.4. The molecule has 0 aromatic heterocycles. The lowest BCUT2D eigenvalue weighted by Crippen LogP contribution is -2.27. The minimum absolute atomic E-state index is 0.159. The van der Waals surface area contributed by atoms with E-state index in [1.54, 1.807) is 0 Å². The van der Waals surface area contributed by atoms with Gasteiger partial charge in [0.1, 0.15) is 0 Å². The van der Waals surface area contributed by atoms with Crippen molar-refractivity contribution >= 4 is 10.8 Å². The lowest BCUT2D eigenvalue weighted by molar-refractivity contribution is 0.0310. The molecule has 1 rings (SSSR count). The molecule has 0 spiro atoms. The summed E-state index contributed by atoms with van der Waals surface area (Å²) in [7, 11) is -0.743. The van der Waals surface area contributed by atoms with Crippen LogP contribution in [0.3, 0.4) is 0 Å².